The van der Waals surface area contributed by atoms with Crippen molar-refractivity contribution in [3.8, 4) is 11.5 Å². The Labute approximate surface area is 165 Å². The van der Waals surface area contributed by atoms with E-state index < -0.39 is 0 Å². The van der Waals surface area contributed by atoms with Crippen LogP contribution in [0.4, 0.5) is 0 Å². The number of hydrogen-bond donors (Lipinski definition) is 2. The van der Waals surface area contributed by atoms with E-state index >= 15 is 0 Å². The van der Waals surface area contributed by atoms with Crippen molar-refractivity contribution in [3.63, 3.8) is 0 Å². The van der Waals surface area contributed by atoms with E-state index in [1.165, 1.54) is 4.88 Å². The van der Waals surface area contributed by atoms with Gasteiger partial charge in [0.25, 0.3) is 0 Å². The van der Waals surface area contributed by atoms with Gasteiger partial charge in [-0.1, -0.05) is 13.0 Å². The number of fused-ring (bicyclic) bond motifs is 1. The fourth-order valence-corrected chi connectivity index (χ4v) is 3.59. The average Bonchev–Trinajstić information content (AvgIpc) is 3.02. The van der Waals surface area contributed by atoms with Crippen LogP contribution in [0.2, 0.25) is 0 Å². The van der Waals surface area contributed by atoms with Crippen LogP contribution in [0.5, 0.6) is 11.5 Å². The number of thiazole rings is 1. The number of nitrogens with zero attached hydrogens (tertiary/aromatic N) is 2. The van der Waals surface area contributed by atoms with Crippen LogP contribution in [0, 0.1) is 0 Å². The summed E-state index contributed by atoms with van der Waals surface area (Å²) in [5, 5.41) is 7.85. The molecule has 0 spiro atoms. The molecular weight excluding hydrogens is 360 g/mol. The Hall–Kier alpha value is -2.28. The van der Waals surface area contributed by atoms with Crippen LogP contribution in [0.3, 0.4) is 0 Å². The minimum Gasteiger partial charge on any atom is -0.490 e. The maximum absolute atomic E-state index is 5.76. The quantitative estimate of drug-likeness (QED) is 0.563. The molecular formula is C20H28N4O2S. The van der Waals surface area contributed by atoms with E-state index in [0.717, 1.165) is 60.4 Å². The molecule has 27 heavy (non-hydrogen) atoms. The topological polar surface area (TPSA) is 67.8 Å². The number of rotatable bonds is 7. The number of aromatic nitrogens is 1. The highest BCUT2D eigenvalue weighted by Crippen LogP contribution is 2.30. The molecule has 146 valence electrons. The van der Waals surface area contributed by atoms with Crippen LogP contribution in [-0.4, -0.2) is 37.2 Å². The highest BCUT2D eigenvalue weighted by Gasteiger charge is 2.10. The summed E-state index contributed by atoms with van der Waals surface area (Å²) in [6, 6.07) is 6.04. The van der Waals surface area contributed by atoms with Gasteiger partial charge in [0, 0.05) is 37.0 Å². The molecule has 1 aliphatic heterocycles. The number of ether oxygens (including phenoxy) is 2. The molecule has 0 saturated heterocycles. The second-order valence-electron chi connectivity index (χ2n) is 6.28. The number of aliphatic imine (C=N–C) groups is 1. The van der Waals surface area contributed by atoms with Gasteiger partial charge in [-0.15, -0.1) is 11.3 Å². The lowest BCUT2D eigenvalue weighted by molar-refractivity contribution is 0.297. The minimum atomic E-state index is 0.587. The maximum atomic E-state index is 5.76. The van der Waals surface area contributed by atoms with Gasteiger partial charge in [-0.3, -0.25) is 0 Å². The monoisotopic (exact) mass is 388 g/mol. The van der Waals surface area contributed by atoms with E-state index in [1.807, 2.05) is 24.4 Å². The molecule has 2 N–H and O–H groups in total. The third-order valence-corrected chi connectivity index (χ3v) is 5.36. The number of hydrogen-bond acceptors (Lipinski definition) is 5. The molecule has 2 heterocycles. The second kappa shape index (κ2) is 10.2. The molecule has 2 aromatic rings. The summed E-state index contributed by atoms with van der Waals surface area (Å²) in [4.78, 5) is 10.5. The molecule has 0 radical (unpaired) electrons. The SMILES string of the molecule is CCNC(=NCc1ccc2c(c1)OCCCO2)NCCc1ncc(CC)s1. The van der Waals surface area contributed by atoms with E-state index in [0.29, 0.717) is 19.8 Å². The number of guanidine groups is 1. The van der Waals surface area contributed by atoms with Gasteiger partial charge in [-0.25, -0.2) is 9.98 Å². The molecule has 0 fully saturated rings. The fraction of sp³-hybridized carbons (Fsp3) is 0.500. The van der Waals surface area contributed by atoms with Crippen molar-refractivity contribution >= 4 is 17.3 Å². The zero-order chi connectivity index (χ0) is 18.9. The van der Waals surface area contributed by atoms with Crippen LogP contribution in [0.1, 0.15) is 35.7 Å². The highest BCUT2D eigenvalue weighted by molar-refractivity contribution is 7.11. The van der Waals surface area contributed by atoms with Gasteiger partial charge in [0.15, 0.2) is 17.5 Å². The summed E-state index contributed by atoms with van der Waals surface area (Å²) in [6.45, 7) is 7.85. The first kappa shape index (κ1) is 19.5. The number of aryl methyl sites for hydroxylation is 1. The molecule has 0 bridgehead atoms. The average molecular weight is 389 g/mol. The molecule has 1 aromatic carbocycles. The van der Waals surface area contributed by atoms with Crippen molar-refractivity contribution in [2.24, 2.45) is 4.99 Å². The summed E-state index contributed by atoms with van der Waals surface area (Å²) >= 11 is 1.79. The third kappa shape index (κ3) is 5.85. The Kier molecular flexibility index (Phi) is 7.33. The first-order chi connectivity index (χ1) is 13.3. The molecule has 1 aromatic heterocycles. The zero-order valence-corrected chi connectivity index (χ0v) is 16.9. The van der Waals surface area contributed by atoms with Gasteiger partial charge >= 0.3 is 0 Å². The predicted octanol–water partition coefficient (Wildman–Crippen LogP) is 3.16. The van der Waals surface area contributed by atoms with Gasteiger partial charge in [0.2, 0.25) is 0 Å². The van der Waals surface area contributed by atoms with Gasteiger partial charge in [0.1, 0.15) is 0 Å². The van der Waals surface area contributed by atoms with Gasteiger partial charge < -0.3 is 20.1 Å². The van der Waals surface area contributed by atoms with Crippen LogP contribution >= 0.6 is 11.3 Å². The summed E-state index contributed by atoms with van der Waals surface area (Å²) in [7, 11) is 0. The van der Waals surface area contributed by atoms with E-state index in [1.54, 1.807) is 11.3 Å². The van der Waals surface area contributed by atoms with Gasteiger partial charge in [-0.2, -0.15) is 0 Å². The van der Waals surface area contributed by atoms with Crippen LogP contribution in [0.25, 0.3) is 0 Å². The van der Waals surface area contributed by atoms with Crippen LogP contribution in [-0.2, 0) is 19.4 Å². The van der Waals surface area contributed by atoms with Crippen molar-refractivity contribution in [2.45, 2.75) is 39.7 Å². The van der Waals surface area contributed by atoms with E-state index in [2.05, 4.69) is 34.5 Å². The smallest absolute Gasteiger partial charge is 0.191 e. The lowest BCUT2D eigenvalue weighted by Gasteiger charge is -2.11. The van der Waals surface area contributed by atoms with Crippen molar-refractivity contribution in [3.05, 3.63) is 39.8 Å². The molecule has 3 rings (SSSR count). The summed E-state index contributed by atoms with van der Waals surface area (Å²) in [5.41, 5.74) is 1.10. The normalized spacial score (nSPS) is 13.9. The minimum absolute atomic E-state index is 0.587. The standard InChI is InChI=1S/C20H28N4O2S/c1-3-16-14-23-19(27-16)8-9-22-20(21-4-2)24-13-15-6-7-17-18(12-15)26-11-5-10-25-17/h6-7,12,14H,3-5,8-11,13H2,1-2H3,(H2,21,22,24). The Balaban J connectivity index is 1.55. The predicted molar refractivity (Wildman–Crippen MR) is 110 cm³/mol. The lowest BCUT2D eigenvalue weighted by Crippen LogP contribution is -2.38. The Bertz CT molecular complexity index is 760. The highest BCUT2D eigenvalue weighted by atomic mass is 32.1. The summed E-state index contributed by atoms with van der Waals surface area (Å²) in [6.07, 6.45) is 4.84. The van der Waals surface area contributed by atoms with Gasteiger partial charge in [-0.05, 0) is 31.0 Å². The number of nitrogens with one attached hydrogen (secondary N) is 2. The molecule has 7 heteroatoms. The Morgan fingerprint density at radius 1 is 1.19 bits per heavy atom. The second-order valence-corrected chi connectivity index (χ2v) is 7.48. The van der Waals surface area contributed by atoms with Crippen molar-refractivity contribution in [1.82, 2.24) is 15.6 Å². The molecule has 0 aliphatic carbocycles. The van der Waals surface area contributed by atoms with Crippen LogP contribution < -0.4 is 20.1 Å². The molecule has 0 atom stereocenters. The van der Waals surface area contributed by atoms with Crippen molar-refractivity contribution in [2.75, 3.05) is 26.3 Å². The van der Waals surface area contributed by atoms with E-state index in [4.69, 9.17) is 9.47 Å². The largest absolute Gasteiger partial charge is 0.490 e. The van der Waals surface area contributed by atoms with Gasteiger partial charge in [0.05, 0.1) is 24.8 Å². The van der Waals surface area contributed by atoms with Crippen molar-refractivity contribution < 1.29 is 9.47 Å². The first-order valence-corrected chi connectivity index (χ1v) is 10.4. The molecule has 1 aliphatic rings. The molecule has 6 nitrogen and oxygen atoms in total. The number of benzene rings is 1. The molecule has 0 saturated carbocycles. The first-order valence-electron chi connectivity index (χ1n) is 9.62. The Morgan fingerprint density at radius 3 is 2.81 bits per heavy atom. The Morgan fingerprint density at radius 2 is 2.04 bits per heavy atom. The summed E-state index contributed by atoms with van der Waals surface area (Å²) in [5.74, 6) is 2.45. The van der Waals surface area contributed by atoms with E-state index in [-0.39, 0.29) is 0 Å². The van der Waals surface area contributed by atoms with Crippen LogP contribution in [0.15, 0.2) is 29.4 Å². The molecule has 0 amide bonds. The summed E-state index contributed by atoms with van der Waals surface area (Å²) < 4.78 is 11.4. The fourth-order valence-electron chi connectivity index (χ4n) is 2.73. The third-order valence-electron chi connectivity index (χ3n) is 4.16. The van der Waals surface area contributed by atoms with E-state index in [9.17, 15) is 0 Å². The molecule has 0 unspecified atom stereocenters. The maximum Gasteiger partial charge on any atom is 0.191 e. The zero-order valence-electron chi connectivity index (χ0n) is 16.1. The van der Waals surface area contributed by atoms with Crippen molar-refractivity contribution in [1.29, 1.82) is 0 Å². The lowest BCUT2D eigenvalue weighted by atomic mass is 10.2.